The van der Waals surface area contributed by atoms with Crippen LogP contribution in [-0.4, -0.2) is 36.6 Å². The fraction of sp³-hybridized carbons (Fsp3) is 1.00. The third-order valence-corrected chi connectivity index (χ3v) is 4.56. The zero-order valence-electron chi connectivity index (χ0n) is 10.6. The van der Waals surface area contributed by atoms with Crippen molar-refractivity contribution in [3.8, 4) is 0 Å². The van der Waals surface area contributed by atoms with Crippen LogP contribution in [0.5, 0.6) is 0 Å². The van der Waals surface area contributed by atoms with Crippen molar-refractivity contribution in [2.75, 3.05) is 20.1 Å². The Hall–Kier alpha value is -0.0800. The van der Waals surface area contributed by atoms with Gasteiger partial charge in [-0.15, -0.1) is 0 Å². The van der Waals surface area contributed by atoms with Gasteiger partial charge in [0.2, 0.25) is 0 Å². The highest BCUT2D eigenvalue weighted by molar-refractivity contribution is 4.99. The van der Waals surface area contributed by atoms with Crippen molar-refractivity contribution in [2.45, 2.75) is 57.5 Å². The van der Waals surface area contributed by atoms with Gasteiger partial charge in [0.1, 0.15) is 0 Å². The molecule has 1 atom stereocenters. The molecule has 1 spiro atoms. The van der Waals surface area contributed by atoms with Gasteiger partial charge in [-0.25, -0.2) is 0 Å². The lowest BCUT2D eigenvalue weighted by atomic mass is 9.78. The highest BCUT2D eigenvalue weighted by atomic mass is 15.3. The van der Waals surface area contributed by atoms with Crippen LogP contribution in [0.4, 0.5) is 0 Å². The van der Waals surface area contributed by atoms with E-state index < -0.39 is 0 Å². The summed E-state index contributed by atoms with van der Waals surface area (Å²) in [6.45, 7) is 7.10. The van der Waals surface area contributed by atoms with Gasteiger partial charge in [-0.05, 0) is 25.8 Å². The standard InChI is InChI=1S/C13H26N2/c1-11(2)12-9-15(3)13(10-14-12)7-5-4-6-8-13/h11-12,14H,4-10H2,1-3H3. The molecule has 88 valence electrons. The molecular weight excluding hydrogens is 184 g/mol. The molecule has 0 aromatic rings. The van der Waals surface area contributed by atoms with E-state index in [2.05, 4.69) is 31.1 Å². The molecule has 1 heterocycles. The van der Waals surface area contributed by atoms with Gasteiger partial charge in [0.15, 0.2) is 0 Å². The third kappa shape index (κ3) is 2.21. The summed E-state index contributed by atoms with van der Waals surface area (Å²) in [5.74, 6) is 0.758. The van der Waals surface area contributed by atoms with Crippen molar-refractivity contribution < 1.29 is 0 Å². The monoisotopic (exact) mass is 210 g/mol. The van der Waals surface area contributed by atoms with Crippen molar-refractivity contribution in [1.82, 2.24) is 10.2 Å². The molecule has 2 heteroatoms. The summed E-state index contributed by atoms with van der Waals surface area (Å²) >= 11 is 0. The molecule has 2 fully saturated rings. The van der Waals surface area contributed by atoms with Gasteiger partial charge < -0.3 is 5.32 Å². The van der Waals surface area contributed by atoms with E-state index in [9.17, 15) is 0 Å². The highest BCUT2D eigenvalue weighted by Gasteiger charge is 2.40. The molecule has 0 aromatic carbocycles. The molecule has 0 aromatic heterocycles. The van der Waals surface area contributed by atoms with Gasteiger partial charge in [0, 0.05) is 24.7 Å². The Labute approximate surface area is 94.4 Å². The summed E-state index contributed by atoms with van der Waals surface area (Å²) in [6, 6.07) is 0.697. The Morgan fingerprint density at radius 1 is 1.20 bits per heavy atom. The summed E-state index contributed by atoms with van der Waals surface area (Å²) in [4.78, 5) is 2.65. The first kappa shape index (κ1) is 11.4. The maximum atomic E-state index is 3.77. The first-order valence-corrected chi connectivity index (χ1v) is 6.59. The molecule has 2 aliphatic rings. The Kier molecular flexibility index (Phi) is 3.36. The van der Waals surface area contributed by atoms with Gasteiger partial charge in [-0.2, -0.15) is 0 Å². The van der Waals surface area contributed by atoms with E-state index in [0.29, 0.717) is 11.6 Å². The minimum atomic E-state index is 0.504. The summed E-state index contributed by atoms with van der Waals surface area (Å²) in [6.07, 6.45) is 7.11. The Balaban J connectivity index is 1.99. The summed E-state index contributed by atoms with van der Waals surface area (Å²) < 4.78 is 0. The zero-order chi connectivity index (χ0) is 10.9. The first-order valence-electron chi connectivity index (χ1n) is 6.59. The van der Waals surface area contributed by atoms with E-state index in [4.69, 9.17) is 0 Å². The molecule has 1 saturated carbocycles. The number of nitrogens with zero attached hydrogens (tertiary/aromatic N) is 1. The van der Waals surface area contributed by atoms with Crippen molar-refractivity contribution in [3.63, 3.8) is 0 Å². The topological polar surface area (TPSA) is 15.3 Å². The van der Waals surface area contributed by atoms with Crippen LogP contribution in [0, 0.1) is 5.92 Å². The molecule has 2 nitrogen and oxygen atoms in total. The Bertz CT molecular complexity index is 207. The lowest BCUT2D eigenvalue weighted by molar-refractivity contribution is 0.0234. The van der Waals surface area contributed by atoms with Crippen molar-refractivity contribution in [1.29, 1.82) is 0 Å². The van der Waals surface area contributed by atoms with Crippen LogP contribution >= 0.6 is 0 Å². The van der Waals surface area contributed by atoms with E-state index in [1.165, 1.54) is 45.2 Å². The molecule has 2 rings (SSSR count). The fourth-order valence-electron chi connectivity index (χ4n) is 3.22. The number of hydrogen-bond donors (Lipinski definition) is 1. The van der Waals surface area contributed by atoms with E-state index in [1.54, 1.807) is 0 Å². The fourth-order valence-corrected chi connectivity index (χ4v) is 3.22. The highest BCUT2D eigenvalue weighted by Crippen LogP contribution is 2.34. The Morgan fingerprint density at radius 2 is 1.87 bits per heavy atom. The van der Waals surface area contributed by atoms with Gasteiger partial charge in [0.25, 0.3) is 0 Å². The molecule has 15 heavy (non-hydrogen) atoms. The van der Waals surface area contributed by atoms with Crippen LogP contribution in [0.15, 0.2) is 0 Å². The molecule has 0 bridgehead atoms. The summed E-state index contributed by atoms with van der Waals surface area (Å²) in [7, 11) is 2.33. The lowest BCUT2D eigenvalue weighted by Crippen LogP contribution is -2.64. The van der Waals surface area contributed by atoms with Crippen LogP contribution in [0.25, 0.3) is 0 Å². The van der Waals surface area contributed by atoms with Crippen molar-refractivity contribution in [3.05, 3.63) is 0 Å². The minimum absolute atomic E-state index is 0.504. The molecule has 1 aliphatic heterocycles. The molecule has 0 amide bonds. The second kappa shape index (κ2) is 4.42. The molecular formula is C13H26N2. The maximum absolute atomic E-state index is 3.77. The SMILES string of the molecule is CC(C)C1CN(C)C2(CCCCC2)CN1. The predicted molar refractivity (Wildman–Crippen MR) is 65.1 cm³/mol. The van der Waals surface area contributed by atoms with Crippen LogP contribution in [0.2, 0.25) is 0 Å². The second-order valence-corrected chi connectivity index (χ2v) is 5.90. The maximum Gasteiger partial charge on any atom is 0.0331 e. The van der Waals surface area contributed by atoms with Crippen molar-refractivity contribution in [2.24, 2.45) is 5.92 Å². The first-order chi connectivity index (χ1) is 7.14. The quantitative estimate of drug-likeness (QED) is 0.714. The number of piperazine rings is 1. The van der Waals surface area contributed by atoms with Gasteiger partial charge in [-0.3, -0.25) is 4.90 Å². The molecule has 1 N–H and O–H groups in total. The summed E-state index contributed by atoms with van der Waals surface area (Å²) in [5, 5.41) is 3.77. The largest absolute Gasteiger partial charge is 0.311 e. The number of rotatable bonds is 1. The molecule has 1 unspecified atom stereocenters. The normalized spacial score (nSPS) is 32.4. The van der Waals surface area contributed by atoms with Crippen molar-refractivity contribution >= 4 is 0 Å². The van der Waals surface area contributed by atoms with Gasteiger partial charge >= 0.3 is 0 Å². The number of likely N-dealkylation sites (N-methyl/N-ethyl adjacent to an activating group) is 1. The average molecular weight is 210 g/mol. The minimum Gasteiger partial charge on any atom is -0.311 e. The van der Waals surface area contributed by atoms with E-state index in [0.717, 1.165) is 5.92 Å². The molecule has 1 saturated heterocycles. The average Bonchev–Trinajstić information content (AvgIpc) is 2.23. The molecule has 1 aliphatic carbocycles. The molecule has 0 radical (unpaired) electrons. The lowest BCUT2D eigenvalue weighted by Gasteiger charge is -2.51. The number of nitrogens with one attached hydrogen (secondary N) is 1. The third-order valence-electron chi connectivity index (χ3n) is 4.56. The summed E-state index contributed by atoms with van der Waals surface area (Å²) in [5.41, 5.74) is 0.504. The smallest absolute Gasteiger partial charge is 0.0331 e. The van der Waals surface area contributed by atoms with Crippen LogP contribution in [0.1, 0.15) is 46.0 Å². The van der Waals surface area contributed by atoms with Crippen LogP contribution in [0.3, 0.4) is 0 Å². The second-order valence-electron chi connectivity index (χ2n) is 5.90. The van der Waals surface area contributed by atoms with E-state index >= 15 is 0 Å². The van der Waals surface area contributed by atoms with Gasteiger partial charge in [-0.1, -0.05) is 33.1 Å². The predicted octanol–water partition coefficient (Wildman–Crippen LogP) is 2.25. The zero-order valence-corrected chi connectivity index (χ0v) is 10.6. The Morgan fingerprint density at radius 3 is 2.40 bits per heavy atom. The van der Waals surface area contributed by atoms with Crippen LogP contribution in [-0.2, 0) is 0 Å². The van der Waals surface area contributed by atoms with Gasteiger partial charge in [0.05, 0.1) is 0 Å². The van der Waals surface area contributed by atoms with Crippen LogP contribution < -0.4 is 5.32 Å². The van der Waals surface area contributed by atoms with E-state index in [1.807, 2.05) is 0 Å². The van der Waals surface area contributed by atoms with E-state index in [-0.39, 0.29) is 0 Å². The number of hydrogen-bond acceptors (Lipinski definition) is 2.